The van der Waals surface area contributed by atoms with Crippen LogP contribution in [0.15, 0.2) is 24.5 Å². The van der Waals surface area contributed by atoms with Crippen LogP contribution in [0.25, 0.3) is 0 Å². The molecule has 0 atom stereocenters. The summed E-state index contributed by atoms with van der Waals surface area (Å²) >= 11 is 0. The van der Waals surface area contributed by atoms with Gasteiger partial charge in [0.25, 0.3) is 0 Å². The molecule has 2 amide bonds. The zero-order valence-corrected chi connectivity index (χ0v) is 10.9. The Balaban J connectivity index is 3.24. The van der Waals surface area contributed by atoms with Crippen LogP contribution in [0.4, 0.5) is 9.59 Å². The minimum absolute atomic E-state index is 0.179. The molecule has 0 aromatic carbocycles. The van der Waals surface area contributed by atoms with E-state index in [1.54, 1.807) is 32.2 Å². The van der Waals surface area contributed by atoms with E-state index in [4.69, 9.17) is 0 Å². The fourth-order valence-electron chi connectivity index (χ4n) is 1.88. The van der Waals surface area contributed by atoms with E-state index < -0.39 is 18.4 Å². The molecule has 0 bridgehead atoms. The second-order valence-electron chi connectivity index (χ2n) is 3.80. The summed E-state index contributed by atoms with van der Waals surface area (Å²) in [6.07, 6.45) is -0.206. The van der Waals surface area contributed by atoms with Gasteiger partial charge in [-0.05, 0) is 19.9 Å². The van der Waals surface area contributed by atoms with Gasteiger partial charge in [-0.2, -0.15) is 0 Å². The maximum Gasteiger partial charge on any atom is 0.409 e. The topological polar surface area (TPSA) is 94.0 Å². The molecule has 0 aliphatic heterocycles. The highest BCUT2D eigenvalue weighted by Gasteiger charge is 2.31. The largest absolute Gasteiger partial charge is 0.465 e. The van der Waals surface area contributed by atoms with Gasteiger partial charge in [0.05, 0.1) is 0 Å². The number of amides is 2. The summed E-state index contributed by atoms with van der Waals surface area (Å²) in [5, 5.41) is 18.4. The minimum atomic E-state index is -1.17. The first-order valence-electron chi connectivity index (χ1n) is 5.91. The second kappa shape index (κ2) is 6.58. The molecule has 1 rings (SSSR count). The molecule has 7 heteroatoms. The number of rotatable bonds is 5. The Morgan fingerprint density at radius 1 is 1.21 bits per heavy atom. The zero-order chi connectivity index (χ0) is 14.4. The predicted molar refractivity (Wildman–Crippen MR) is 67.8 cm³/mol. The van der Waals surface area contributed by atoms with Crippen molar-refractivity contribution in [3.05, 3.63) is 30.1 Å². The van der Waals surface area contributed by atoms with Gasteiger partial charge in [-0.15, -0.1) is 0 Å². The fourth-order valence-corrected chi connectivity index (χ4v) is 1.88. The Hall–Kier alpha value is -2.31. The first kappa shape index (κ1) is 14.7. The first-order valence-corrected chi connectivity index (χ1v) is 5.91. The highest BCUT2D eigenvalue weighted by atomic mass is 16.4. The molecule has 1 aromatic rings. The fraction of sp³-hybridized carbons (Fsp3) is 0.417. The van der Waals surface area contributed by atoms with Crippen LogP contribution in [-0.2, 0) is 0 Å². The lowest BCUT2D eigenvalue weighted by Crippen LogP contribution is -2.46. The van der Waals surface area contributed by atoms with Gasteiger partial charge in [0, 0.05) is 31.0 Å². The summed E-state index contributed by atoms with van der Waals surface area (Å²) in [4.78, 5) is 28.6. The van der Waals surface area contributed by atoms with Crippen molar-refractivity contribution in [1.82, 2.24) is 14.8 Å². The van der Waals surface area contributed by atoms with Crippen LogP contribution >= 0.6 is 0 Å². The number of nitrogens with zero attached hydrogens (tertiary/aromatic N) is 3. The number of pyridine rings is 1. The predicted octanol–water partition coefficient (Wildman–Crippen LogP) is 2.08. The number of carbonyl (C=O) groups is 2. The SMILES string of the molecule is CCN(C(=O)O)C(c1cccnc1)N(CC)C(=O)O. The quantitative estimate of drug-likeness (QED) is 0.796. The molecule has 0 unspecified atom stereocenters. The Labute approximate surface area is 111 Å². The Morgan fingerprint density at radius 2 is 1.74 bits per heavy atom. The van der Waals surface area contributed by atoms with Crippen LogP contribution in [0.1, 0.15) is 25.6 Å². The van der Waals surface area contributed by atoms with E-state index in [9.17, 15) is 19.8 Å². The number of hydrogen-bond donors (Lipinski definition) is 2. The Kier molecular flexibility index (Phi) is 5.11. The molecule has 1 aromatic heterocycles. The van der Waals surface area contributed by atoms with Gasteiger partial charge < -0.3 is 10.2 Å². The summed E-state index contributed by atoms with van der Waals surface area (Å²) < 4.78 is 0. The van der Waals surface area contributed by atoms with Gasteiger partial charge in [0.2, 0.25) is 0 Å². The molecule has 2 N–H and O–H groups in total. The molecule has 0 aliphatic carbocycles. The molecule has 0 fully saturated rings. The maximum atomic E-state index is 11.3. The Bertz CT molecular complexity index is 416. The smallest absolute Gasteiger partial charge is 0.409 e. The summed E-state index contributed by atoms with van der Waals surface area (Å²) in [6.45, 7) is 3.68. The Morgan fingerprint density at radius 3 is 2.05 bits per heavy atom. The maximum absolute atomic E-state index is 11.3. The van der Waals surface area contributed by atoms with E-state index >= 15 is 0 Å². The highest BCUT2D eigenvalue weighted by molar-refractivity contribution is 5.69. The van der Waals surface area contributed by atoms with Crippen LogP contribution in [0.3, 0.4) is 0 Å². The average Bonchev–Trinajstić information content (AvgIpc) is 2.39. The summed E-state index contributed by atoms with van der Waals surface area (Å²) in [7, 11) is 0. The molecule has 7 nitrogen and oxygen atoms in total. The molecule has 104 valence electrons. The second-order valence-corrected chi connectivity index (χ2v) is 3.80. The van der Waals surface area contributed by atoms with Crippen molar-refractivity contribution in [1.29, 1.82) is 0 Å². The van der Waals surface area contributed by atoms with Crippen LogP contribution < -0.4 is 0 Å². The van der Waals surface area contributed by atoms with Crippen LogP contribution in [0.2, 0.25) is 0 Å². The van der Waals surface area contributed by atoms with Crippen molar-refractivity contribution in [2.45, 2.75) is 20.0 Å². The summed E-state index contributed by atoms with van der Waals surface area (Å²) in [5.41, 5.74) is 0.524. The van der Waals surface area contributed by atoms with Crippen molar-refractivity contribution >= 4 is 12.2 Å². The summed E-state index contributed by atoms with van der Waals surface area (Å²) in [6, 6.07) is 3.31. The highest BCUT2D eigenvalue weighted by Crippen LogP contribution is 2.24. The van der Waals surface area contributed by atoms with Gasteiger partial charge in [-0.3, -0.25) is 14.8 Å². The molecule has 0 spiro atoms. The lowest BCUT2D eigenvalue weighted by atomic mass is 10.2. The van der Waals surface area contributed by atoms with Crippen molar-refractivity contribution in [2.24, 2.45) is 0 Å². The number of aromatic nitrogens is 1. The van der Waals surface area contributed by atoms with E-state index in [1.165, 1.54) is 6.20 Å². The molecule has 19 heavy (non-hydrogen) atoms. The lowest BCUT2D eigenvalue weighted by Gasteiger charge is -2.35. The van der Waals surface area contributed by atoms with Crippen LogP contribution in [0, 0.1) is 0 Å². The molecule has 0 saturated carbocycles. The van der Waals surface area contributed by atoms with E-state index in [2.05, 4.69) is 4.98 Å². The van der Waals surface area contributed by atoms with Crippen LogP contribution in [-0.4, -0.2) is 50.3 Å². The molecule has 0 aliphatic rings. The summed E-state index contributed by atoms with van der Waals surface area (Å²) in [5.74, 6) is 0. The van der Waals surface area contributed by atoms with Crippen molar-refractivity contribution in [2.75, 3.05) is 13.1 Å². The molecular weight excluding hydrogens is 250 g/mol. The molecule has 0 radical (unpaired) electrons. The molecule has 1 heterocycles. The third-order valence-electron chi connectivity index (χ3n) is 2.75. The van der Waals surface area contributed by atoms with Crippen molar-refractivity contribution < 1.29 is 19.8 Å². The molecule has 0 saturated heterocycles. The van der Waals surface area contributed by atoms with E-state index in [-0.39, 0.29) is 13.1 Å². The monoisotopic (exact) mass is 267 g/mol. The standard InChI is InChI=1S/C12H17N3O4/c1-3-14(11(16)17)10(15(4-2)12(18)19)9-6-5-7-13-8-9/h5-8,10H,3-4H2,1-2H3,(H,16,17)(H,18,19). The van der Waals surface area contributed by atoms with E-state index in [0.717, 1.165) is 9.80 Å². The third-order valence-corrected chi connectivity index (χ3v) is 2.75. The van der Waals surface area contributed by atoms with Gasteiger partial charge in [0.1, 0.15) is 6.17 Å². The van der Waals surface area contributed by atoms with E-state index in [0.29, 0.717) is 5.56 Å². The van der Waals surface area contributed by atoms with E-state index in [1.807, 2.05) is 0 Å². The van der Waals surface area contributed by atoms with Gasteiger partial charge in [0.15, 0.2) is 0 Å². The van der Waals surface area contributed by atoms with Crippen molar-refractivity contribution in [3.8, 4) is 0 Å². The van der Waals surface area contributed by atoms with Crippen molar-refractivity contribution in [3.63, 3.8) is 0 Å². The first-order chi connectivity index (χ1) is 9.02. The number of carboxylic acid groups (broad SMARTS) is 2. The lowest BCUT2D eigenvalue weighted by molar-refractivity contribution is 0.0481. The normalized spacial score (nSPS) is 10.3. The van der Waals surface area contributed by atoms with Gasteiger partial charge in [-0.25, -0.2) is 9.59 Å². The third kappa shape index (κ3) is 3.34. The average molecular weight is 267 g/mol. The minimum Gasteiger partial charge on any atom is -0.465 e. The van der Waals surface area contributed by atoms with Gasteiger partial charge >= 0.3 is 12.2 Å². The van der Waals surface area contributed by atoms with Crippen LogP contribution in [0.5, 0.6) is 0 Å². The zero-order valence-electron chi connectivity index (χ0n) is 10.9. The molecular formula is C12H17N3O4. The number of hydrogen-bond acceptors (Lipinski definition) is 3. The van der Waals surface area contributed by atoms with Gasteiger partial charge in [-0.1, -0.05) is 6.07 Å².